The van der Waals surface area contributed by atoms with Crippen LogP contribution >= 0.6 is 11.6 Å². The highest BCUT2D eigenvalue weighted by Gasteiger charge is 2.24. The van der Waals surface area contributed by atoms with Gasteiger partial charge in [-0.1, -0.05) is 11.6 Å². The molecule has 0 spiro atoms. The van der Waals surface area contributed by atoms with Gasteiger partial charge in [-0.2, -0.15) is 4.72 Å². The Morgan fingerprint density at radius 1 is 1.43 bits per heavy atom. The molecule has 4 nitrogen and oxygen atoms in total. The minimum absolute atomic E-state index is 0.0806. The number of anilines is 1. The first-order chi connectivity index (χ1) is 6.50. The Kier molecular flexibility index (Phi) is 2.13. The van der Waals surface area contributed by atoms with Gasteiger partial charge in [0.15, 0.2) is 0 Å². The zero-order valence-electron chi connectivity index (χ0n) is 6.84. The zero-order valence-corrected chi connectivity index (χ0v) is 8.41. The van der Waals surface area contributed by atoms with Crippen molar-refractivity contribution in [2.75, 3.05) is 12.0 Å². The Balaban J connectivity index is 2.71. The maximum atomic E-state index is 13.0. The van der Waals surface area contributed by atoms with Gasteiger partial charge < -0.3 is 5.32 Å². The summed E-state index contributed by atoms with van der Waals surface area (Å²) in [5.41, 5.74) is 0.315. The van der Waals surface area contributed by atoms with Crippen LogP contribution in [0.15, 0.2) is 17.0 Å². The van der Waals surface area contributed by atoms with E-state index in [2.05, 4.69) is 10.0 Å². The predicted molar refractivity (Wildman–Crippen MR) is 50.2 cm³/mol. The van der Waals surface area contributed by atoms with Crippen molar-refractivity contribution in [2.45, 2.75) is 4.90 Å². The Hall–Kier alpha value is -0.850. The lowest BCUT2D eigenvalue weighted by Gasteiger charge is -2.19. The number of sulfonamides is 1. The summed E-state index contributed by atoms with van der Waals surface area (Å²) in [6.45, 7) is 0.0806. The van der Waals surface area contributed by atoms with Crippen LogP contribution in [0.25, 0.3) is 0 Å². The summed E-state index contributed by atoms with van der Waals surface area (Å²) in [5.74, 6) is -0.750. The summed E-state index contributed by atoms with van der Waals surface area (Å²) in [4.78, 5) is -0.120. The molecule has 76 valence electrons. The molecule has 0 radical (unpaired) electrons. The third-order valence-electron chi connectivity index (χ3n) is 1.85. The van der Waals surface area contributed by atoms with Crippen LogP contribution in [0.2, 0.25) is 5.02 Å². The van der Waals surface area contributed by atoms with Crippen LogP contribution in [-0.4, -0.2) is 15.1 Å². The highest BCUT2D eigenvalue weighted by molar-refractivity contribution is 7.89. The minimum atomic E-state index is -3.59. The standard InChI is InChI=1S/C7H6ClFN2O2S/c8-4-1-6-7(2-5(4)9)14(12,13)11-3-10-6/h1-2,10-11H,3H2. The number of hydrogen-bond acceptors (Lipinski definition) is 3. The van der Waals surface area contributed by atoms with Crippen LogP contribution < -0.4 is 10.0 Å². The number of halogens is 2. The molecule has 0 saturated heterocycles. The van der Waals surface area contributed by atoms with Gasteiger partial charge in [0.05, 0.1) is 17.4 Å². The topological polar surface area (TPSA) is 58.2 Å². The van der Waals surface area contributed by atoms with Crippen LogP contribution in [0, 0.1) is 5.82 Å². The molecule has 0 fully saturated rings. The van der Waals surface area contributed by atoms with Gasteiger partial charge >= 0.3 is 0 Å². The van der Waals surface area contributed by atoms with Gasteiger partial charge in [-0.3, -0.25) is 0 Å². The van der Waals surface area contributed by atoms with E-state index in [0.29, 0.717) is 5.69 Å². The number of rotatable bonds is 0. The first kappa shape index (κ1) is 9.70. The summed E-state index contributed by atoms with van der Waals surface area (Å²) in [6.07, 6.45) is 0. The van der Waals surface area contributed by atoms with Crippen molar-refractivity contribution in [3.8, 4) is 0 Å². The maximum Gasteiger partial charge on any atom is 0.244 e. The summed E-state index contributed by atoms with van der Waals surface area (Å²) >= 11 is 5.51. The molecule has 0 aliphatic carbocycles. The molecule has 0 bridgehead atoms. The fraction of sp³-hybridized carbons (Fsp3) is 0.143. The van der Waals surface area contributed by atoms with Gasteiger partial charge in [0.2, 0.25) is 10.0 Å². The molecule has 2 N–H and O–H groups in total. The molecule has 14 heavy (non-hydrogen) atoms. The smallest absolute Gasteiger partial charge is 0.244 e. The highest BCUT2D eigenvalue weighted by atomic mass is 35.5. The fourth-order valence-electron chi connectivity index (χ4n) is 1.19. The van der Waals surface area contributed by atoms with Crippen molar-refractivity contribution in [3.63, 3.8) is 0 Å². The molecule has 0 unspecified atom stereocenters. The van der Waals surface area contributed by atoms with Crippen molar-refractivity contribution in [1.29, 1.82) is 0 Å². The number of hydrogen-bond donors (Lipinski definition) is 2. The van der Waals surface area contributed by atoms with Crippen molar-refractivity contribution < 1.29 is 12.8 Å². The Labute approximate surface area is 85.1 Å². The molecule has 1 heterocycles. The minimum Gasteiger partial charge on any atom is -0.370 e. The van der Waals surface area contributed by atoms with Crippen LogP contribution in [0.5, 0.6) is 0 Å². The molecule has 0 atom stereocenters. The molecule has 0 aromatic heterocycles. The third kappa shape index (κ3) is 1.45. The molecule has 1 aromatic carbocycles. The molecular weight excluding hydrogens is 231 g/mol. The Morgan fingerprint density at radius 2 is 2.14 bits per heavy atom. The average molecular weight is 237 g/mol. The van der Waals surface area contributed by atoms with Crippen LogP contribution in [-0.2, 0) is 10.0 Å². The predicted octanol–water partition coefficient (Wildman–Crippen LogP) is 1.14. The number of nitrogens with one attached hydrogen (secondary N) is 2. The summed E-state index contributed by atoms with van der Waals surface area (Å²) < 4.78 is 38.0. The Bertz CT molecular complexity index is 489. The molecule has 1 aromatic rings. The fourth-order valence-corrected chi connectivity index (χ4v) is 2.45. The lowest BCUT2D eigenvalue weighted by atomic mass is 10.3. The first-order valence-corrected chi connectivity index (χ1v) is 5.59. The molecule has 0 amide bonds. The Morgan fingerprint density at radius 3 is 2.86 bits per heavy atom. The molecule has 0 saturated carbocycles. The van der Waals surface area contributed by atoms with Crippen molar-refractivity contribution in [1.82, 2.24) is 4.72 Å². The van der Waals surface area contributed by atoms with E-state index in [0.717, 1.165) is 6.07 Å². The van der Waals surface area contributed by atoms with E-state index < -0.39 is 15.8 Å². The average Bonchev–Trinajstić information content (AvgIpc) is 2.08. The van der Waals surface area contributed by atoms with Crippen molar-refractivity contribution in [2.24, 2.45) is 0 Å². The highest BCUT2D eigenvalue weighted by Crippen LogP contribution is 2.29. The normalized spacial score (nSPS) is 18.4. The van der Waals surface area contributed by atoms with Crippen LogP contribution in [0.1, 0.15) is 0 Å². The lowest BCUT2D eigenvalue weighted by Crippen LogP contribution is -2.34. The van der Waals surface area contributed by atoms with Crippen molar-refractivity contribution in [3.05, 3.63) is 23.0 Å². The summed E-state index contributed by atoms with van der Waals surface area (Å²) in [6, 6.07) is 2.15. The van der Waals surface area contributed by atoms with E-state index in [9.17, 15) is 12.8 Å². The number of benzene rings is 1. The van der Waals surface area contributed by atoms with Crippen LogP contribution in [0.3, 0.4) is 0 Å². The lowest BCUT2D eigenvalue weighted by molar-refractivity contribution is 0.577. The van der Waals surface area contributed by atoms with Gasteiger partial charge in [0.1, 0.15) is 10.7 Å². The van der Waals surface area contributed by atoms with E-state index >= 15 is 0 Å². The summed E-state index contributed by atoms with van der Waals surface area (Å²) in [7, 11) is -3.59. The largest absolute Gasteiger partial charge is 0.370 e. The van der Waals surface area contributed by atoms with Crippen LogP contribution in [0.4, 0.5) is 10.1 Å². The zero-order chi connectivity index (χ0) is 10.3. The molecule has 2 rings (SSSR count). The van der Waals surface area contributed by atoms with E-state index in [1.165, 1.54) is 6.07 Å². The van der Waals surface area contributed by atoms with E-state index in [1.54, 1.807) is 0 Å². The molecular formula is C7H6ClFN2O2S. The van der Waals surface area contributed by atoms with Gasteiger partial charge in [-0.15, -0.1) is 0 Å². The van der Waals surface area contributed by atoms with E-state index in [-0.39, 0.29) is 16.6 Å². The second-order valence-electron chi connectivity index (χ2n) is 2.76. The second kappa shape index (κ2) is 3.08. The van der Waals surface area contributed by atoms with Crippen molar-refractivity contribution >= 4 is 27.3 Å². The van der Waals surface area contributed by atoms with Gasteiger partial charge in [-0.25, -0.2) is 12.8 Å². The van der Waals surface area contributed by atoms with Gasteiger partial charge in [-0.05, 0) is 12.1 Å². The second-order valence-corrected chi connectivity index (χ2v) is 4.91. The SMILES string of the molecule is O=S1(=O)NCNc2cc(Cl)c(F)cc21. The quantitative estimate of drug-likeness (QED) is 0.710. The third-order valence-corrected chi connectivity index (χ3v) is 3.58. The van der Waals surface area contributed by atoms with E-state index in [4.69, 9.17) is 11.6 Å². The number of fused-ring (bicyclic) bond motifs is 1. The first-order valence-electron chi connectivity index (χ1n) is 3.73. The van der Waals surface area contributed by atoms with Gasteiger partial charge in [0, 0.05) is 0 Å². The monoisotopic (exact) mass is 236 g/mol. The molecule has 7 heteroatoms. The van der Waals surface area contributed by atoms with E-state index in [1.807, 2.05) is 0 Å². The maximum absolute atomic E-state index is 13.0. The van der Waals surface area contributed by atoms with Gasteiger partial charge in [0.25, 0.3) is 0 Å². The summed E-state index contributed by atoms with van der Waals surface area (Å²) in [5, 5.41) is 2.64. The molecule has 1 aliphatic heterocycles. The molecule has 1 aliphatic rings.